The normalized spacial score (nSPS) is 11.1. The highest BCUT2D eigenvalue weighted by Crippen LogP contribution is 2.27. The monoisotopic (exact) mass is 227 g/mol. The molecule has 86 valence electrons. The number of hydrogen-bond acceptors (Lipinski definition) is 2. The lowest BCUT2D eigenvalue weighted by atomic mass is 10.1. The van der Waals surface area contributed by atoms with Crippen LogP contribution in [0.5, 0.6) is 0 Å². The molecule has 0 spiro atoms. The summed E-state index contributed by atoms with van der Waals surface area (Å²) in [5.41, 5.74) is 3.25. The standard InChI is InChI=1S/C13H13N3O/c17-8-7-16-13(5-6-15-16)11-9-14-12-4-2-1-3-10(11)12/h1-6,9,14,17H,7-8H2. The van der Waals surface area contributed by atoms with Crippen LogP contribution in [-0.4, -0.2) is 26.5 Å². The first-order chi connectivity index (χ1) is 8.40. The molecule has 4 nitrogen and oxygen atoms in total. The van der Waals surface area contributed by atoms with E-state index in [9.17, 15) is 0 Å². The molecule has 0 fully saturated rings. The number of aromatic amines is 1. The Balaban J connectivity index is 2.17. The van der Waals surface area contributed by atoms with E-state index in [1.165, 1.54) is 5.39 Å². The third kappa shape index (κ3) is 1.62. The summed E-state index contributed by atoms with van der Waals surface area (Å²) in [5, 5.41) is 14.4. The Morgan fingerprint density at radius 3 is 3.00 bits per heavy atom. The van der Waals surface area contributed by atoms with Crippen LogP contribution in [0.4, 0.5) is 0 Å². The molecular formula is C13H13N3O. The molecule has 0 saturated heterocycles. The summed E-state index contributed by atoms with van der Waals surface area (Å²) >= 11 is 0. The number of H-pyrrole nitrogens is 1. The lowest BCUT2D eigenvalue weighted by molar-refractivity contribution is 0.270. The fourth-order valence-electron chi connectivity index (χ4n) is 2.12. The van der Waals surface area contributed by atoms with Gasteiger partial charge in [-0.25, -0.2) is 0 Å². The number of nitrogens with zero attached hydrogens (tertiary/aromatic N) is 2. The fourth-order valence-corrected chi connectivity index (χ4v) is 2.12. The summed E-state index contributed by atoms with van der Waals surface area (Å²) in [6, 6.07) is 10.1. The van der Waals surface area contributed by atoms with Gasteiger partial charge in [0.1, 0.15) is 0 Å². The summed E-state index contributed by atoms with van der Waals surface area (Å²) in [5.74, 6) is 0. The minimum atomic E-state index is 0.0943. The molecule has 0 saturated carbocycles. The Labute approximate surface area is 98.5 Å². The van der Waals surface area contributed by atoms with Crippen molar-refractivity contribution in [3.05, 3.63) is 42.7 Å². The molecule has 0 aliphatic heterocycles. The number of para-hydroxylation sites is 1. The maximum atomic E-state index is 9.00. The van der Waals surface area contributed by atoms with Crippen LogP contribution in [0.3, 0.4) is 0 Å². The zero-order valence-corrected chi connectivity index (χ0v) is 9.30. The summed E-state index contributed by atoms with van der Waals surface area (Å²) in [4.78, 5) is 3.24. The molecule has 4 heteroatoms. The molecule has 1 aromatic carbocycles. The first kappa shape index (κ1) is 10.1. The van der Waals surface area contributed by atoms with Crippen molar-refractivity contribution in [1.29, 1.82) is 0 Å². The topological polar surface area (TPSA) is 53.8 Å². The molecule has 3 rings (SSSR count). The van der Waals surface area contributed by atoms with Crippen molar-refractivity contribution >= 4 is 10.9 Å². The van der Waals surface area contributed by atoms with Crippen LogP contribution >= 0.6 is 0 Å². The SMILES string of the molecule is OCCn1nccc1-c1c[nH]c2ccccc12. The number of rotatable bonds is 3. The molecule has 0 atom stereocenters. The van der Waals surface area contributed by atoms with E-state index in [1.54, 1.807) is 6.20 Å². The molecule has 0 unspecified atom stereocenters. The van der Waals surface area contributed by atoms with Gasteiger partial charge in [0.05, 0.1) is 18.8 Å². The van der Waals surface area contributed by atoms with Crippen molar-refractivity contribution in [2.24, 2.45) is 0 Å². The molecule has 2 heterocycles. The molecule has 2 aromatic heterocycles. The van der Waals surface area contributed by atoms with Crippen molar-refractivity contribution in [1.82, 2.24) is 14.8 Å². The molecule has 17 heavy (non-hydrogen) atoms. The van der Waals surface area contributed by atoms with Crippen LogP contribution in [0, 0.1) is 0 Å². The van der Waals surface area contributed by atoms with E-state index in [-0.39, 0.29) is 6.61 Å². The highest BCUT2D eigenvalue weighted by Gasteiger charge is 2.09. The average Bonchev–Trinajstić information content (AvgIpc) is 2.95. The van der Waals surface area contributed by atoms with Crippen LogP contribution in [0.1, 0.15) is 0 Å². The largest absolute Gasteiger partial charge is 0.394 e. The minimum absolute atomic E-state index is 0.0943. The third-order valence-corrected chi connectivity index (χ3v) is 2.89. The second kappa shape index (κ2) is 4.07. The predicted molar refractivity (Wildman–Crippen MR) is 66.6 cm³/mol. The number of nitrogens with one attached hydrogen (secondary N) is 1. The van der Waals surface area contributed by atoms with E-state index in [4.69, 9.17) is 5.11 Å². The van der Waals surface area contributed by atoms with Crippen molar-refractivity contribution in [3.8, 4) is 11.3 Å². The number of fused-ring (bicyclic) bond motifs is 1. The van der Waals surface area contributed by atoms with E-state index in [2.05, 4.69) is 16.1 Å². The van der Waals surface area contributed by atoms with Gasteiger partial charge in [-0.3, -0.25) is 4.68 Å². The maximum Gasteiger partial charge on any atom is 0.0704 e. The number of aliphatic hydroxyl groups excluding tert-OH is 1. The second-order valence-corrected chi connectivity index (χ2v) is 3.91. The van der Waals surface area contributed by atoms with Crippen molar-refractivity contribution < 1.29 is 5.11 Å². The number of aliphatic hydroxyl groups is 1. The molecule has 0 aliphatic carbocycles. The predicted octanol–water partition coefficient (Wildman–Crippen LogP) is 2.02. The van der Waals surface area contributed by atoms with Gasteiger partial charge in [0.25, 0.3) is 0 Å². The minimum Gasteiger partial charge on any atom is -0.394 e. The Kier molecular flexibility index (Phi) is 2.42. The first-order valence-corrected chi connectivity index (χ1v) is 5.59. The second-order valence-electron chi connectivity index (χ2n) is 3.91. The van der Waals surface area contributed by atoms with Gasteiger partial charge in [-0.15, -0.1) is 0 Å². The third-order valence-electron chi connectivity index (χ3n) is 2.89. The smallest absolute Gasteiger partial charge is 0.0704 e. The van der Waals surface area contributed by atoms with Crippen LogP contribution in [0.25, 0.3) is 22.2 Å². The number of aromatic nitrogens is 3. The summed E-state index contributed by atoms with van der Waals surface area (Å²) < 4.78 is 1.82. The van der Waals surface area contributed by atoms with Gasteiger partial charge in [-0.1, -0.05) is 18.2 Å². The van der Waals surface area contributed by atoms with Crippen LogP contribution in [0.15, 0.2) is 42.7 Å². The summed E-state index contributed by atoms with van der Waals surface area (Å²) in [6.45, 7) is 0.610. The zero-order chi connectivity index (χ0) is 11.7. The van der Waals surface area contributed by atoms with E-state index in [1.807, 2.05) is 35.1 Å². The Morgan fingerprint density at radius 2 is 2.12 bits per heavy atom. The molecule has 3 aromatic rings. The Bertz CT molecular complexity index is 639. The van der Waals surface area contributed by atoms with E-state index in [0.717, 1.165) is 16.8 Å². The number of benzene rings is 1. The Hall–Kier alpha value is -2.07. The summed E-state index contributed by atoms with van der Waals surface area (Å²) in [6.07, 6.45) is 3.74. The molecule has 0 radical (unpaired) electrons. The van der Waals surface area contributed by atoms with Crippen molar-refractivity contribution in [3.63, 3.8) is 0 Å². The first-order valence-electron chi connectivity index (χ1n) is 5.59. The van der Waals surface area contributed by atoms with Gasteiger partial charge in [0.15, 0.2) is 0 Å². The molecule has 0 aliphatic rings. The van der Waals surface area contributed by atoms with Crippen LogP contribution in [-0.2, 0) is 6.54 Å². The zero-order valence-electron chi connectivity index (χ0n) is 9.30. The van der Waals surface area contributed by atoms with Crippen molar-refractivity contribution in [2.75, 3.05) is 6.61 Å². The quantitative estimate of drug-likeness (QED) is 0.719. The fraction of sp³-hybridized carbons (Fsp3) is 0.154. The van der Waals surface area contributed by atoms with Crippen LogP contribution in [0.2, 0.25) is 0 Å². The van der Waals surface area contributed by atoms with Crippen LogP contribution < -0.4 is 0 Å². The van der Waals surface area contributed by atoms with Gasteiger partial charge in [0.2, 0.25) is 0 Å². The molecular weight excluding hydrogens is 214 g/mol. The lowest BCUT2D eigenvalue weighted by Gasteiger charge is -2.04. The van der Waals surface area contributed by atoms with Gasteiger partial charge in [0, 0.05) is 28.9 Å². The van der Waals surface area contributed by atoms with Crippen molar-refractivity contribution in [2.45, 2.75) is 6.54 Å². The average molecular weight is 227 g/mol. The van der Waals surface area contributed by atoms with E-state index in [0.29, 0.717) is 6.54 Å². The molecule has 2 N–H and O–H groups in total. The summed E-state index contributed by atoms with van der Waals surface area (Å²) in [7, 11) is 0. The van der Waals surface area contributed by atoms with Gasteiger partial charge < -0.3 is 10.1 Å². The highest BCUT2D eigenvalue weighted by atomic mass is 16.3. The maximum absolute atomic E-state index is 9.00. The van der Waals surface area contributed by atoms with E-state index >= 15 is 0 Å². The lowest BCUT2D eigenvalue weighted by Crippen LogP contribution is -2.05. The number of hydrogen-bond donors (Lipinski definition) is 2. The van der Waals surface area contributed by atoms with Gasteiger partial charge in [-0.2, -0.15) is 5.10 Å². The van der Waals surface area contributed by atoms with E-state index < -0.39 is 0 Å². The van der Waals surface area contributed by atoms with Gasteiger partial charge in [-0.05, 0) is 12.1 Å². The molecule has 0 bridgehead atoms. The molecule has 0 amide bonds. The van der Waals surface area contributed by atoms with Gasteiger partial charge >= 0.3 is 0 Å². The highest BCUT2D eigenvalue weighted by molar-refractivity contribution is 5.94. The Morgan fingerprint density at radius 1 is 1.24 bits per heavy atom.